The second-order valence-electron chi connectivity index (χ2n) is 8.32. The van der Waals surface area contributed by atoms with Crippen molar-refractivity contribution in [2.45, 2.75) is 46.1 Å². The topological polar surface area (TPSA) is 83.4 Å². The van der Waals surface area contributed by atoms with E-state index in [2.05, 4.69) is 17.6 Å². The molecule has 3 rings (SSSR count). The molecule has 1 fully saturated rings. The summed E-state index contributed by atoms with van der Waals surface area (Å²) in [5.41, 5.74) is 2.20. The Morgan fingerprint density at radius 2 is 1.87 bits per heavy atom. The SMILES string of the molecule is Cc1cc(C(=O)N2CCC(C)CC2)ccc1NC(=O)NCCCCn1ccccc1=O. The number of piperidine rings is 1. The molecule has 1 aromatic heterocycles. The molecule has 1 aromatic carbocycles. The summed E-state index contributed by atoms with van der Waals surface area (Å²) in [4.78, 5) is 38.5. The molecule has 2 heterocycles. The van der Waals surface area contributed by atoms with E-state index in [1.54, 1.807) is 35.0 Å². The van der Waals surface area contributed by atoms with Gasteiger partial charge in [0.25, 0.3) is 5.91 Å². The third-order valence-electron chi connectivity index (χ3n) is 5.80. The van der Waals surface area contributed by atoms with Crippen LogP contribution in [0.5, 0.6) is 0 Å². The lowest BCUT2D eigenvalue weighted by atomic mass is 9.98. The summed E-state index contributed by atoms with van der Waals surface area (Å²) in [6.07, 6.45) is 5.44. The van der Waals surface area contributed by atoms with Crippen LogP contribution < -0.4 is 16.2 Å². The second kappa shape index (κ2) is 10.8. The van der Waals surface area contributed by atoms with Gasteiger partial charge in [-0.2, -0.15) is 0 Å². The smallest absolute Gasteiger partial charge is 0.319 e. The van der Waals surface area contributed by atoms with Crippen molar-refractivity contribution in [2.75, 3.05) is 25.0 Å². The van der Waals surface area contributed by atoms with E-state index < -0.39 is 0 Å². The Labute approximate surface area is 183 Å². The van der Waals surface area contributed by atoms with Gasteiger partial charge in [-0.1, -0.05) is 13.0 Å². The predicted molar refractivity (Wildman–Crippen MR) is 122 cm³/mol. The third kappa shape index (κ3) is 6.44. The number of nitrogens with zero attached hydrogens (tertiary/aromatic N) is 2. The van der Waals surface area contributed by atoms with Crippen LogP contribution in [0.25, 0.3) is 0 Å². The highest BCUT2D eigenvalue weighted by atomic mass is 16.2. The van der Waals surface area contributed by atoms with Crippen LogP contribution in [0.15, 0.2) is 47.4 Å². The van der Waals surface area contributed by atoms with Crippen molar-refractivity contribution in [2.24, 2.45) is 5.92 Å². The predicted octanol–water partition coefficient (Wildman–Crippen LogP) is 3.63. The lowest BCUT2D eigenvalue weighted by Gasteiger charge is -2.30. The van der Waals surface area contributed by atoms with Gasteiger partial charge >= 0.3 is 6.03 Å². The number of unbranched alkanes of at least 4 members (excludes halogenated alkanes) is 1. The van der Waals surface area contributed by atoms with Gasteiger partial charge in [-0.05, 0) is 68.4 Å². The molecule has 0 aliphatic carbocycles. The van der Waals surface area contributed by atoms with Gasteiger partial charge in [0, 0.05) is 49.7 Å². The zero-order chi connectivity index (χ0) is 22.2. The highest BCUT2D eigenvalue weighted by Gasteiger charge is 2.21. The minimum atomic E-state index is -0.274. The fourth-order valence-corrected chi connectivity index (χ4v) is 3.75. The molecule has 7 heteroatoms. The van der Waals surface area contributed by atoms with Crippen LogP contribution in [0.2, 0.25) is 0 Å². The number of aromatic nitrogens is 1. The van der Waals surface area contributed by atoms with E-state index in [1.165, 1.54) is 0 Å². The summed E-state index contributed by atoms with van der Waals surface area (Å²) >= 11 is 0. The van der Waals surface area contributed by atoms with E-state index in [1.807, 2.05) is 24.0 Å². The van der Waals surface area contributed by atoms with Gasteiger partial charge in [0.1, 0.15) is 0 Å². The van der Waals surface area contributed by atoms with Crippen LogP contribution in [0, 0.1) is 12.8 Å². The molecule has 1 saturated heterocycles. The van der Waals surface area contributed by atoms with Crippen molar-refractivity contribution in [3.63, 3.8) is 0 Å². The van der Waals surface area contributed by atoms with Gasteiger partial charge < -0.3 is 20.1 Å². The molecule has 0 radical (unpaired) electrons. The zero-order valence-corrected chi connectivity index (χ0v) is 18.4. The minimum absolute atomic E-state index is 0.0135. The maximum Gasteiger partial charge on any atom is 0.319 e. The third-order valence-corrected chi connectivity index (χ3v) is 5.80. The Balaban J connectivity index is 1.43. The van der Waals surface area contributed by atoms with Crippen molar-refractivity contribution < 1.29 is 9.59 Å². The lowest BCUT2D eigenvalue weighted by Crippen LogP contribution is -2.38. The number of carbonyl (C=O) groups excluding carboxylic acids is 2. The quantitative estimate of drug-likeness (QED) is 0.666. The van der Waals surface area contributed by atoms with Gasteiger partial charge in [0.15, 0.2) is 0 Å². The monoisotopic (exact) mass is 424 g/mol. The van der Waals surface area contributed by atoms with Crippen molar-refractivity contribution in [3.05, 3.63) is 64.1 Å². The lowest BCUT2D eigenvalue weighted by molar-refractivity contribution is 0.0697. The molecule has 7 nitrogen and oxygen atoms in total. The molecular formula is C24H32N4O3. The summed E-state index contributed by atoms with van der Waals surface area (Å²) in [6.45, 7) is 6.88. The molecule has 2 aromatic rings. The normalized spacial score (nSPS) is 14.3. The van der Waals surface area contributed by atoms with Gasteiger partial charge in [0.05, 0.1) is 0 Å². The Bertz CT molecular complexity index is 961. The first-order valence-electron chi connectivity index (χ1n) is 11.0. The Morgan fingerprint density at radius 1 is 1.10 bits per heavy atom. The van der Waals surface area contributed by atoms with Crippen LogP contribution in [-0.4, -0.2) is 41.0 Å². The Kier molecular flexibility index (Phi) is 7.87. The van der Waals surface area contributed by atoms with Crippen molar-refractivity contribution in [1.29, 1.82) is 0 Å². The summed E-state index contributed by atoms with van der Waals surface area (Å²) in [5, 5.41) is 5.69. The molecule has 0 bridgehead atoms. The first-order chi connectivity index (χ1) is 14.9. The number of rotatable bonds is 7. The molecule has 166 valence electrons. The van der Waals surface area contributed by atoms with Crippen LogP contribution in [-0.2, 0) is 6.54 Å². The average molecular weight is 425 g/mol. The van der Waals surface area contributed by atoms with Crippen LogP contribution in [0.4, 0.5) is 10.5 Å². The average Bonchev–Trinajstić information content (AvgIpc) is 2.76. The number of likely N-dealkylation sites (tertiary alicyclic amines) is 1. The maximum absolute atomic E-state index is 12.7. The largest absolute Gasteiger partial charge is 0.339 e. The number of nitrogens with one attached hydrogen (secondary N) is 2. The molecule has 3 amide bonds. The molecule has 0 atom stereocenters. The van der Waals surface area contributed by atoms with E-state index in [-0.39, 0.29) is 17.5 Å². The van der Waals surface area contributed by atoms with E-state index in [4.69, 9.17) is 0 Å². The fraction of sp³-hybridized carbons (Fsp3) is 0.458. The van der Waals surface area contributed by atoms with Crippen LogP contribution >= 0.6 is 0 Å². The first kappa shape index (κ1) is 22.6. The van der Waals surface area contributed by atoms with Crippen molar-refractivity contribution in [1.82, 2.24) is 14.8 Å². The number of carbonyl (C=O) groups is 2. The molecule has 0 unspecified atom stereocenters. The summed E-state index contributed by atoms with van der Waals surface area (Å²) < 4.78 is 1.66. The van der Waals surface area contributed by atoms with E-state index in [9.17, 15) is 14.4 Å². The number of hydrogen-bond donors (Lipinski definition) is 2. The molecule has 0 spiro atoms. The second-order valence-corrected chi connectivity index (χ2v) is 8.32. The standard InChI is InChI=1S/C24H32N4O3/c1-18-10-15-28(16-11-18)23(30)20-8-9-21(19(2)17-20)26-24(31)25-12-4-6-14-27-13-5-3-7-22(27)29/h3,5,7-9,13,17-18H,4,6,10-12,14-16H2,1-2H3,(H2,25,26,31). The Morgan fingerprint density at radius 3 is 2.58 bits per heavy atom. The van der Waals surface area contributed by atoms with E-state index >= 15 is 0 Å². The summed E-state index contributed by atoms with van der Waals surface area (Å²) in [6, 6.07) is 10.2. The van der Waals surface area contributed by atoms with Crippen LogP contribution in [0.1, 0.15) is 48.5 Å². The van der Waals surface area contributed by atoms with E-state index in [0.29, 0.717) is 30.3 Å². The molecule has 0 saturated carbocycles. The summed E-state index contributed by atoms with van der Waals surface area (Å²) in [7, 11) is 0. The maximum atomic E-state index is 12.7. The zero-order valence-electron chi connectivity index (χ0n) is 18.4. The number of anilines is 1. The highest BCUT2D eigenvalue weighted by molar-refractivity contribution is 5.96. The number of hydrogen-bond acceptors (Lipinski definition) is 3. The number of urea groups is 1. The minimum Gasteiger partial charge on any atom is -0.339 e. The molecule has 2 N–H and O–H groups in total. The number of benzene rings is 1. The van der Waals surface area contributed by atoms with Gasteiger partial charge in [0.2, 0.25) is 5.56 Å². The molecule has 1 aliphatic rings. The van der Waals surface area contributed by atoms with Crippen molar-refractivity contribution in [3.8, 4) is 0 Å². The van der Waals surface area contributed by atoms with Gasteiger partial charge in [-0.15, -0.1) is 0 Å². The highest BCUT2D eigenvalue weighted by Crippen LogP contribution is 2.21. The fourth-order valence-electron chi connectivity index (χ4n) is 3.75. The summed E-state index contributed by atoms with van der Waals surface area (Å²) in [5.74, 6) is 0.737. The number of pyridine rings is 1. The Hall–Kier alpha value is -3.09. The molecule has 31 heavy (non-hydrogen) atoms. The number of aryl methyl sites for hydroxylation is 2. The first-order valence-corrected chi connectivity index (χ1v) is 11.0. The molecule has 1 aliphatic heterocycles. The molecular weight excluding hydrogens is 392 g/mol. The van der Waals surface area contributed by atoms with E-state index in [0.717, 1.165) is 44.3 Å². The van der Waals surface area contributed by atoms with Crippen LogP contribution in [0.3, 0.4) is 0 Å². The van der Waals surface area contributed by atoms with Gasteiger partial charge in [-0.25, -0.2) is 4.79 Å². The van der Waals surface area contributed by atoms with Gasteiger partial charge in [-0.3, -0.25) is 9.59 Å². The number of amides is 3. The van der Waals surface area contributed by atoms with Crippen molar-refractivity contribution >= 4 is 17.6 Å².